The summed E-state index contributed by atoms with van der Waals surface area (Å²) in [5.41, 5.74) is 0. The van der Waals surface area contributed by atoms with E-state index in [-0.39, 0.29) is 5.79 Å². The molecule has 0 N–H and O–H groups in total. The van der Waals surface area contributed by atoms with Crippen molar-refractivity contribution in [3.8, 4) is 0 Å². The van der Waals surface area contributed by atoms with Gasteiger partial charge in [-0.15, -0.1) is 0 Å². The normalized spacial score (nSPS) is 26.8. The first-order valence-corrected chi connectivity index (χ1v) is 5.77. The molecule has 2 aliphatic rings. The molecule has 0 aromatic carbocycles. The van der Waals surface area contributed by atoms with E-state index in [1.807, 2.05) is 13.8 Å². The predicted octanol–water partition coefficient (Wildman–Crippen LogP) is 1.87. The second-order valence-electron chi connectivity index (χ2n) is 3.76. The highest BCUT2D eigenvalue weighted by molar-refractivity contribution is 4.80. The van der Waals surface area contributed by atoms with Gasteiger partial charge in [0.05, 0.1) is 13.2 Å². The molecule has 0 unspecified atom stereocenters. The van der Waals surface area contributed by atoms with Gasteiger partial charge < -0.3 is 14.4 Å². The maximum atomic E-state index is 5.71. The molecule has 14 heavy (non-hydrogen) atoms. The van der Waals surface area contributed by atoms with Crippen molar-refractivity contribution in [2.45, 2.75) is 38.9 Å². The van der Waals surface area contributed by atoms with Gasteiger partial charge in [-0.2, -0.15) is 0 Å². The molecular weight excluding hydrogens is 178 g/mol. The molecule has 0 aliphatic carbocycles. The van der Waals surface area contributed by atoms with Crippen LogP contribution in [0.5, 0.6) is 0 Å². The average molecular weight is 201 g/mol. The zero-order valence-corrected chi connectivity index (χ0v) is 9.71. The van der Waals surface area contributed by atoms with E-state index >= 15 is 0 Å². The predicted molar refractivity (Wildman–Crippen MR) is 57.3 cm³/mol. The van der Waals surface area contributed by atoms with Crippen molar-refractivity contribution in [1.29, 1.82) is 0 Å². The van der Waals surface area contributed by atoms with Gasteiger partial charge in [0.15, 0.2) is 5.79 Å². The minimum atomic E-state index is -0.204. The summed E-state index contributed by atoms with van der Waals surface area (Å²) in [6, 6.07) is 0. The van der Waals surface area contributed by atoms with Crippen molar-refractivity contribution in [3.63, 3.8) is 0 Å². The summed E-state index contributed by atoms with van der Waals surface area (Å²) in [5.74, 6) is -0.204. The van der Waals surface area contributed by atoms with Gasteiger partial charge in [0.2, 0.25) is 0 Å². The van der Waals surface area contributed by atoms with Crippen LogP contribution < -0.4 is 0 Å². The fraction of sp³-hybridized carbons (Fsp3) is 1.00. The average Bonchev–Trinajstić information content (AvgIpc) is 2.27. The molecule has 2 aliphatic heterocycles. The van der Waals surface area contributed by atoms with E-state index in [4.69, 9.17) is 9.47 Å². The largest absolute Gasteiger partial charge is 0.350 e. The molecule has 2 heterocycles. The van der Waals surface area contributed by atoms with Crippen LogP contribution in [-0.2, 0) is 9.47 Å². The van der Waals surface area contributed by atoms with Crippen LogP contribution in [0.2, 0.25) is 0 Å². The first-order chi connectivity index (χ1) is 6.81. The second kappa shape index (κ2) is 5.69. The molecule has 0 saturated carbocycles. The maximum Gasteiger partial charge on any atom is 0.170 e. The van der Waals surface area contributed by atoms with Gasteiger partial charge in [0.25, 0.3) is 0 Å². The Morgan fingerprint density at radius 2 is 1.50 bits per heavy atom. The maximum absolute atomic E-state index is 5.71. The van der Waals surface area contributed by atoms with Crippen LogP contribution in [-0.4, -0.2) is 44.0 Å². The summed E-state index contributed by atoms with van der Waals surface area (Å²) < 4.78 is 11.4. The van der Waals surface area contributed by atoms with Crippen LogP contribution in [0.1, 0.15) is 33.1 Å². The fourth-order valence-electron chi connectivity index (χ4n) is 1.86. The molecule has 0 aromatic heterocycles. The number of ether oxygens (including phenoxy) is 2. The number of piperidine rings is 1. The van der Waals surface area contributed by atoms with E-state index in [1.165, 1.54) is 0 Å². The van der Waals surface area contributed by atoms with Crippen molar-refractivity contribution in [2.24, 2.45) is 0 Å². The Kier molecular flexibility index (Phi) is 4.85. The van der Waals surface area contributed by atoms with Crippen molar-refractivity contribution in [2.75, 3.05) is 33.4 Å². The van der Waals surface area contributed by atoms with Gasteiger partial charge in [0, 0.05) is 25.9 Å². The Labute approximate surface area is 87.4 Å². The summed E-state index contributed by atoms with van der Waals surface area (Å²) in [5, 5.41) is 0. The van der Waals surface area contributed by atoms with Gasteiger partial charge in [-0.25, -0.2) is 0 Å². The molecule has 2 rings (SSSR count). The van der Waals surface area contributed by atoms with E-state index in [9.17, 15) is 0 Å². The lowest BCUT2D eigenvalue weighted by Crippen LogP contribution is -2.49. The quantitative estimate of drug-likeness (QED) is 0.597. The van der Waals surface area contributed by atoms with Crippen molar-refractivity contribution >= 4 is 0 Å². The summed E-state index contributed by atoms with van der Waals surface area (Å²) in [4.78, 5) is 2.33. The van der Waals surface area contributed by atoms with Gasteiger partial charge in [0.1, 0.15) is 0 Å². The Morgan fingerprint density at radius 3 is 2.00 bits per heavy atom. The Bertz CT molecular complexity index is 145. The van der Waals surface area contributed by atoms with E-state index in [2.05, 4.69) is 11.9 Å². The third kappa shape index (κ3) is 2.94. The molecule has 0 radical (unpaired) electrons. The smallest absolute Gasteiger partial charge is 0.170 e. The summed E-state index contributed by atoms with van der Waals surface area (Å²) >= 11 is 0. The Balaban J connectivity index is 0.000000461. The van der Waals surface area contributed by atoms with Crippen LogP contribution in [0, 0.1) is 0 Å². The number of hydrogen-bond acceptors (Lipinski definition) is 3. The highest BCUT2D eigenvalue weighted by atomic mass is 16.7. The van der Waals surface area contributed by atoms with Crippen molar-refractivity contribution < 1.29 is 9.47 Å². The van der Waals surface area contributed by atoms with E-state index in [0.29, 0.717) is 0 Å². The second-order valence-corrected chi connectivity index (χ2v) is 3.76. The third-order valence-corrected chi connectivity index (χ3v) is 2.77. The number of hydrogen-bond donors (Lipinski definition) is 0. The highest BCUT2D eigenvalue weighted by Gasteiger charge is 2.37. The van der Waals surface area contributed by atoms with Crippen LogP contribution in [0.25, 0.3) is 0 Å². The van der Waals surface area contributed by atoms with E-state index < -0.39 is 0 Å². The molecule has 3 nitrogen and oxygen atoms in total. The molecule has 84 valence electrons. The van der Waals surface area contributed by atoms with Crippen molar-refractivity contribution in [1.82, 2.24) is 4.90 Å². The lowest BCUT2D eigenvalue weighted by atomic mass is 10.0. The molecule has 3 heteroatoms. The Hall–Kier alpha value is -0.120. The first kappa shape index (κ1) is 12.0. The van der Waals surface area contributed by atoms with E-state index in [0.717, 1.165) is 45.6 Å². The van der Waals surface area contributed by atoms with Crippen LogP contribution >= 0.6 is 0 Å². The van der Waals surface area contributed by atoms with Gasteiger partial charge in [-0.3, -0.25) is 0 Å². The SMILES string of the molecule is CC.CN1CCC2(CC1)OCCCO2. The standard InChI is InChI=1S/C9H17NO2.C2H6/c1-10-5-3-9(4-6-10)11-7-2-8-12-9;1-2/h2-8H2,1H3;1-2H3. The summed E-state index contributed by atoms with van der Waals surface area (Å²) in [6.45, 7) is 7.95. The molecule has 0 bridgehead atoms. The molecule has 0 amide bonds. The monoisotopic (exact) mass is 201 g/mol. The minimum absolute atomic E-state index is 0.204. The molecule has 2 saturated heterocycles. The third-order valence-electron chi connectivity index (χ3n) is 2.77. The fourth-order valence-corrected chi connectivity index (χ4v) is 1.86. The van der Waals surface area contributed by atoms with Gasteiger partial charge in [-0.05, 0) is 13.5 Å². The number of rotatable bonds is 0. The van der Waals surface area contributed by atoms with Gasteiger partial charge >= 0.3 is 0 Å². The lowest BCUT2D eigenvalue weighted by Gasteiger charge is -2.42. The van der Waals surface area contributed by atoms with Crippen LogP contribution in [0.3, 0.4) is 0 Å². The van der Waals surface area contributed by atoms with Gasteiger partial charge in [-0.1, -0.05) is 13.8 Å². The number of nitrogens with zero attached hydrogens (tertiary/aromatic N) is 1. The molecular formula is C11H23NO2. The first-order valence-electron chi connectivity index (χ1n) is 5.77. The highest BCUT2D eigenvalue weighted by Crippen LogP contribution is 2.29. The van der Waals surface area contributed by atoms with Crippen molar-refractivity contribution in [3.05, 3.63) is 0 Å². The molecule has 2 fully saturated rings. The number of likely N-dealkylation sites (tertiary alicyclic amines) is 1. The van der Waals surface area contributed by atoms with Crippen LogP contribution in [0.15, 0.2) is 0 Å². The summed E-state index contributed by atoms with van der Waals surface area (Å²) in [6.07, 6.45) is 3.12. The molecule has 0 atom stereocenters. The Morgan fingerprint density at radius 1 is 1.00 bits per heavy atom. The molecule has 0 aromatic rings. The lowest BCUT2D eigenvalue weighted by molar-refractivity contribution is -0.283. The zero-order valence-electron chi connectivity index (χ0n) is 9.71. The molecule has 1 spiro atoms. The summed E-state index contributed by atoms with van der Waals surface area (Å²) in [7, 11) is 2.15. The van der Waals surface area contributed by atoms with E-state index in [1.54, 1.807) is 0 Å². The van der Waals surface area contributed by atoms with Crippen LogP contribution in [0.4, 0.5) is 0 Å². The minimum Gasteiger partial charge on any atom is -0.350 e. The zero-order chi connectivity index (χ0) is 10.4. The topological polar surface area (TPSA) is 21.7 Å².